The average Bonchev–Trinajstić information content (AvgIpc) is 1.79. The second kappa shape index (κ2) is 3.41. The second-order valence-electron chi connectivity index (χ2n) is 5.33. The predicted octanol–water partition coefficient (Wildman–Crippen LogP) is 1.94. The van der Waals surface area contributed by atoms with Crippen molar-refractivity contribution in [1.82, 2.24) is 4.90 Å². The van der Waals surface area contributed by atoms with Crippen LogP contribution in [0.5, 0.6) is 0 Å². The standard InChI is InChI=1S/C11H21NO/c1-8(2)10(13)9-6-12(7-9)11(3,4)5/h8-9H,6-7H2,1-5H3. The number of carbonyl (C=O) groups excluding carboxylic acids is 1. The number of ketones is 1. The van der Waals surface area contributed by atoms with Crippen LogP contribution >= 0.6 is 0 Å². The molecule has 2 nitrogen and oxygen atoms in total. The first-order valence-electron chi connectivity index (χ1n) is 5.11. The lowest BCUT2D eigenvalue weighted by molar-refractivity contribution is -0.133. The summed E-state index contributed by atoms with van der Waals surface area (Å²) in [6.45, 7) is 12.5. The molecule has 0 radical (unpaired) electrons. The van der Waals surface area contributed by atoms with E-state index in [4.69, 9.17) is 0 Å². The zero-order chi connectivity index (χ0) is 10.2. The van der Waals surface area contributed by atoms with Gasteiger partial charge in [-0.15, -0.1) is 0 Å². The average molecular weight is 183 g/mol. The van der Waals surface area contributed by atoms with Gasteiger partial charge >= 0.3 is 0 Å². The van der Waals surface area contributed by atoms with Gasteiger partial charge < -0.3 is 0 Å². The minimum atomic E-state index is 0.201. The fourth-order valence-electron chi connectivity index (χ4n) is 1.68. The minimum Gasteiger partial charge on any atom is -0.299 e. The lowest BCUT2D eigenvalue weighted by atomic mass is 9.85. The number of hydrogen-bond acceptors (Lipinski definition) is 2. The van der Waals surface area contributed by atoms with Crippen LogP contribution in [-0.2, 0) is 4.79 Å². The van der Waals surface area contributed by atoms with Gasteiger partial charge in [-0.25, -0.2) is 0 Å². The van der Waals surface area contributed by atoms with E-state index in [2.05, 4.69) is 25.7 Å². The van der Waals surface area contributed by atoms with E-state index in [-0.39, 0.29) is 11.5 Å². The third-order valence-electron chi connectivity index (χ3n) is 2.80. The molecule has 1 aliphatic heterocycles. The van der Waals surface area contributed by atoms with Crippen molar-refractivity contribution in [3.63, 3.8) is 0 Å². The van der Waals surface area contributed by atoms with Crippen molar-refractivity contribution in [3.8, 4) is 0 Å². The number of carbonyl (C=O) groups is 1. The SMILES string of the molecule is CC(C)C(=O)C1CN(C(C)(C)C)C1. The summed E-state index contributed by atoms with van der Waals surface area (Å²) in [4.78, 5) is 13.9. The molecule has 2 heteroatoms. The summed E-state index contributed by atoms with van der Waals surface area (Å²) >= 11 is 0. The van der Waals surface area contributed by atoms with E-state index in [1.807, 2.05) is 13.8 Å². The van der Waals surface area contributed by atoms with Crippen LogP contribution in [0.2, 0.25) is 0 Å². The zero-order valence-corrected chi connectivity index (χ0v) is 9.42. The lowest BCUT2D eigenvalue weighted by Gasteiger charge is -2.47. The summed E-state index contributed by atoms with van der Waals surface area (Å²) in [7, 11) is 0. The third kappa shape index (κ3) is 2.31. The predicted molar refractivity (Wildman–Crippen MR) is 54.7 cm³/mol. The second-order valence-corrected chi connectivity index (χ2v) is 5.33. The van der Waals surface area contributed by atoms with Crippen LogP contribution < -0.4 is 0 Å². The third-order valence-corrected chi connectivity index (χ3v) is 2.80. The van der Waals surface area contributed by atoms with Gasteiger partial charge in [-0.1, -0.05) is 13.8 Å². The first-order valence-corrected chi connectivity index (χ1v) is 5.11. The van der Waals surface area contributed by atoms with Gasteiger partial charge in [0.15, 0.2) is 0 Å². The highest BCUT2D eigenvalue weighted by molar-refractivity contribution is 5.84. The molecule has 0 aromatic heterocycles. The molecule has 0 amide bonds. The molecule has 1 aliphatic rings. The van der Waals surface area contributed by atoms with Crippen LogP contribution in [0.3, 0.4) is 0 Å². The maximum atomic E-state index is 11.6. The quantitative estimate of drug-likeness (QED) is 0.652. The first kappa shape index (κ1) is 10.7. The maximum Gasteiger partial charge on any atom is 0.141 e. The molecule has 76 valence electrons. The van der Waals surface area contributed by atoms with E-state index < -0.39 is 0 Å². The molecule has 0 aromatic carbocycles. The Morgan fingerprint density at radius 2 is 1.77 bits per heavy atom. The number of hydrogen-bond donors (Lipinski definition) is 0. The highest BCUT2D eigenvalue weighted by Crippen LogP contribution is 2.27. The smallest absolute Gasteiger partial charge is 0.141 e. The zero-order valence-electron chi connectivity index (χ0n) is 9.42. The van der Waals surface area contributed by atoms with Gasteiger partial charge in [0, 0.05) is 30.5 Å². The van der Waals surface area contributed by atoms with Crippen LogP contribution in [0.15, 0.2) is 0 Å². The maximum absolute atomic E-state index is 11.6. The Hall–Kier alpha value is -0.370. The number of nitrogens with zero attached hydrogens (tertiary/aromatic N) is 1. The summed E-state index contributed by atoms with van der Waals surface area (Å²) < 4.78 is 0. The van der Waals surface area contributed by atoms with E-state index in [0.29, 0.717) is 11.7 Å². The molecule has 1 heterocycles. The minimum absolute atomic E-state index is 0.201. The van der Waals surface area contributed by atoms with E-state index in [0.717, 1.165) is 13.1 Å². The summed E-state index contributed by atoms with van der Waals surface area (Å²) in [5.41, 5.74) is 0.230. The van der Waals surface area contributed by atoms with Crippen LogP contribution in [-0.4, -0.2) is 29.3 Å². The van der Waals surface area contributed by atoms with Gasteiger partial charge in [0.1, 0.15) is 5.78 Å². The van der Waals surface area contributed by atoms with Crippen molar-refractivity contribution in [2.45, 2.75) is 40.2 Å². The molecular formula is C11H21NO. The van der Waals surface area contributed by atoms with E-state index in [9.17, 15) is 4.79 Å². The fourth-order valence-corrected chi connectivity index (χ4v) is 1.68. The highest BCUT2D eigenvalue weighted by Gasteiger charge is 2.38. The molecule has 0 atom stereocenters. The largest absolute Gasteiger partial charge is 0.299 e. The Morgan fingerprint density at radius 1 is 1.31 bits per heavy atom. The van der Waals surface area contributed by atoms with Crippen LogP contribution in [0.25, 0.3) is 0 Å². The Kier molecular flexibility index (Phi) is 2.81. The van der Waals surface area contributed by atoms with Crippen molar-refractivity contribution < 1.29 is 4.79 Å². The fraction of sp³-hybridized carbons (Fsp3) is 0.909. The van der Waals surface area contributed by atoms with Crippen molar-refractivity contribution in [1.29, 1.82) is 0 Å². The molecule has 0 bridgehead atoms. The topological polar surface area (TPSA) is 20.3 Å². The first-order chi connectivity index (χ1) is 5.82. The summed E-state index contributed by atoms with van der Waals surface area (Å²) in [6, 6.07) is 0. The normalized spacial score (nSPS) is 20.5. The van der Waals surface area contributed by atoms with Gasteiger partial charge in [0.2, 0.25) is 0 Å². The molecule has 0 unspecified atom stereocenters. The molecule has 13 heavy (non-hydrogen) atoms. The Labute approximate surface area is 81.3 Å². The molecule has 1 fully saturated rings. The van der Waals surface area contributed by atoms with E-state index in [1.54, 1.807) is 0 Å². The molecule has 1 saturated heterocycles. The molecular weight excluding hydrogens is 162 g/mol. The molecule has 0 N–H and O–H groups in total. The monoisotopic (exact) mass is 183 g/mol. The van der Waals surface area contributed by atoms with Gasteiger partial charge in [-0.05, 0) is 20.8 Å². The lowest BCUT2D eigenvalue weighted by Crippen LogP contribution is -2.58. The Morgan fingerprint density at radius 3 is 2.08 bits per heavy atom. The number of Topliss-reactive ketones (excluding diaryl/α,β-unsaturated/α-hetero) is 1. The summed E-state index contributed by atoms with van der Waals surface area (Å²) in [6.07, 6.45) is 0. The van der Waals surface area contributed by atoms with E-state index >= 15 is 0 Å². The van der Waals surface area contributed by atoms with Crippen LogP contribution in [0, 0.1) is 11.8 Å². The van der Waals surface area contributed by atoms with Crippen molar-refractivity contribution in [2.24, 2.45) is 11.8 Å². The van der Waals surface area contributed by atoms with Crippen molar-refractivity contribution >= 4 is 5.78 Å². The number of rotatable bonds is 2. The highest BCUT2D eigenvalue weighted by atomic mass is 16.1. The van der Waals surface area contributed by atoms with Gasteiger partial charge in [-0.2, -0.15) is 0 Å². The Balaban J connectivity index is 2.38. The van der Waals surface area contributed by atoms with Gasteiger partial charge in [0.05, 0.1) is 0 Å². The van der Waals surface area contributed by atoms with Crippen molar-refractivity contribution in [3.05, 3.63) is 0 Å². The molecule has 0 saturated carbocycles. The summed E-state index contributed by atoms with van der Waals surface area (Å²) in [5.74, 6) is 0.937. The molecule has 0 aliphatic carbocycles. The molecule has 0 spiro atoms. The van der Waals surface area contributed by atoms with E-state index in [1.165, 1.54) is 0 Å². The molecule has 0 aromatic rings. The molecule has 1 rings (SSSR count). The number of likely N-dealkylation sites (tertiary alicyclic amines) is 1. The summed E-state index contributed by atoms with van der Waals surface area (Å²) in [5, 5.41) is 0. The van der Waals surface area contributed by atoms with Gasteiger partial charge in [-0.3, -0.25) is 9.69 Å². The van der Waals surface area contributed by atoms with Gasteiger partial charge in [0.25, 0.3) is 0 Å². The van der Waals surface area contributed by atoms with Crippen molar-refractivity contribution in [2.75, 3.05) is 13.1 Å². The van der Waals surface area contributed by atoms with Crippen LogP contribution in [0.1, 0.15) is 34.6 Å². The van der Waals surface area contributed by atoms with Crippen LogP contribution in [0.4, 0.5) is 0 Å². The Bertz CT molecular complexity index is 197.